The summed E-state index contributed by atoms with van der Waals surface area (Å²) in [5.41, 5.74) is 0. The second-order valence-corrected chi connectivity index (χ2v) is 27.2. The predicted molar refractivity (Wildman–Crippen MR) is 143 cm³/mol. The van der Waals surface area contributed by atoms with Gasteiger partial charge in [0.25, 0.3) is 0 Å². The number of ether oxygens (including phenoxy) is 2. The fraction of sp³-hybridized carbons (Fsp3) is 1.00. The Morgan fingerprint density at radius 1 is 0.559 bits per heavy atom. The van der Waals surface area contributed by atoms with Crippen molar-refractivity contribution in [3.8, 4) is 0 Å². The number of hydrogen-bond donors (Lipinski definition) is 0. The van der Waals surface area contributed by atoms with Crippen LogP contribution in [-0.2, 0) is 25.9 Å². The normalized spacial score (nSPS) is 49.9. The van der Waals surface area contributed by atoms with E-state index in [0.717, 1.165) is 36.4 Å². The van der Waals surface area contributed by atoms with Crippen LogP contribution < -0.4 is 0 Å². The zero-order valence-electron chi connectivity index (χ0n) is 22.4. The molecular formula is C24H48O6Si4. The lowest BCUT2D eigenvalue weighted by Crippen LogP contribution is -2.66. The molecule has 3 aliphatic heterocycles. The fourth-order valence-corrected chi connectivity index (χ4v) is 30.2. The van der Waals surface area contributed by atoms with E-state index < -0.39 is 34.2 Å². The lowest BCUT2D eigenvalue weighted by molar-refractivity contribution is 0.220. The Hall–Kier alpha value is 0.628. The minimum Gasteiger partial charge on any atom is -0.416 e. The van der Waals surface area contributed by atoms with E-state index in [9.17, 15) is 0 Å². The zero-order valence-corrected chi connectivity index (χ0v) is 26.4. The minimum atomic E-state index is -2.40. The van der Waals surface area contributed by atoms with Gasteiger partial charge >= 0.3 is 34.2 Å². The van der Waals surface area contributed by atoms with Crippen LogP contribution in [0.1, 0.15) is 64.7 Å². The van der Waals surface area contributed by atoms with Crippen LogP contribution in [0.2, 0.25) is 50.9 Å². The average molecular weight is 545 g/mol. The monoisotopic (exact) mass is 544 g/mol. The number of rotatable bonds is 8. The summed E-state index contributed by atoms with van der Waals surface area (Å²) < 4.78 is 39.9. The van der Waals surface area contributed by atoms with E-state index in [1.165, 1.54) is 51.4 Å². The van der Waals surface area contributed by atoms with Gasteiger partial charge in [-0.3, -0.25) is 0 Å². The molecular weight excluding hydrogens is 497 g/mol. The molecule has 3 heterocycles. The van der Waals surface area contributed by atoms with Gasteiger partial charge in [-0.2, -0.15) is 0 Å². The van der Waals surface area contributed by atoms with Crippen LogP contribution in [-0.4, -0.2) is 58.7 Å². The van der Waals surface area contributed by atoms with Crippen LogP contribution >= 0.6 is 0 Å². The summed E-state index contributed by atoms with van der Waals surface area (Å²) >= 11 is 0. The van der Waals surface area contributed by atoms with Crippen LogP contribution in [0, 0.1) is 11.8 Å². The van der Waals surface area contributed by atoms with E-state index in [4.69, 9.17) is 25.9 Å². The molecule has 5 fully saturated rings. The largest absolute Gasteiger partial charge is 0.416 e. The van der Waals surface area contributed by atoms with Gasteiger partial charge in [-0.15, -0.1) is 0 Å². The smallest absolute Gasteiger partial charge is 0.317 e. The van der Waals surface area contributed by atoms with E-state index in [-0.39, 0.29) is 0 Å². The molecule has 10 heteroatoms. The van der Waals surface area contributed by atoms with E-state index in [0.29, 0.717) is 24.4 Å². The van der Waals surface area contributed by atoms with E-state index in [2.05, 4.69) is 39.7 Å². The van der Waals surface area contributed by atoms with Gasteiger partial charge < -0.3 is 25.9 Å². The molecule has 0 spiro atoms. The summed E-state index contributed by atoms with van der Waals surface area (Å²) in [5.74, 6) is 1.50. The summed E-state index contributed by atoms with van der Waals surface area (Å²) in [6.45, 7) is 13.6. The molecule has 3 saturated heterocycles. The van der Waals surface area contributed by atoms with Crippen LogP contribution in [0.15, 0.2) is 0 Å². The Kier molecular flexibility index (Phi) is 7.52. The molecule has 0 N–H and O–H groups in total. The Morgan fingerprint density at radius 2 is 1.00 bits per heavy atom. The Morgan fingerprint density at radius 3 is 1.41 bits per heavy atom. The molecule has 5 rings (SSSR count). The van der Waals surface area contributed by atoms with E-state index in [1.807, 2.05) is 0 Å². The molecule has 34 heavy (non-hydrogen) atoms. The molecule has 9 atom stereocenters. The van der Waals surface area contributed by atoms with Crippen LogP contribution in [0.25, 0.3) is 0 Å². The highest BCUT2D eigenvalue weighted by molar-refractivity contribution is 6.93. The summed E-state index contributed by atoms with van der Waals surface area (Å²) in [6.07, 6.45) is 13.2. The molecule has 196 valence electrons. The molecule has 0 radical (unpaired) electrons. The van der Waals surface area contributed by atoms with Crippen molar-refractivity contribution in [2.24, 2.45) is 11.8 Å². The molecule has 0 bridgehead atoms. The second kappa shape index (κ2) is 9.74. The maximum Gasteiger partial charge on any atom is 0.317 e. The third-order valence-corrected chi connectivity index (χ3v) is 26.8. The SMILES string of the molecule is CCC[Si]1(C)O[Si](C)(CCC2CCC3OC3C2)O[Si](C)(C)O[Si](C)(CCC2CC[C@@H]3OC3C2)O1. The Balaban J connectivity index is 1.25. The van der Waals surface area contributed by atoms with E-state index in [1.54, 1.807) is 0 Å². The molecule has 2 aliphatic carbocycles. The highest BCUT2D eigenvalue weighted by Crippen LogP contribution is 2.45. The maximum atomic E-state index is 7.15. The van der Waals surface area contributed by atoms with Gasteiger partial charge in [-0.25, -0.2) is 0 Å². The fourth-order valence-electron chi connectivity index (χ4n) is 7.23. The first-order chi connectivity index (χ1) is 16.0. The summed E-state index contributed by atoms with van der Waals surface area (Å²) in [5, 5.41) is 0. The van der Waals surface area contributed by atoms with Crippen molar-refractivity contribution >= 4 is 34.2 Å². The number of fused-ring (bicyclic) bond motifs is 2. The van der Waals surface area contributed by atoms with Gasteiger partial charge in [0.1, 0.15) is 0 Å². The topological polar surface area (TPSA) is 62.0 Å². The quantitative estimate of drug-likeness (QED) is 0.264. The number of epoxide rings is 2. The Bertz CT molecular complexity index is 690. The molecule has 5 aliphatic rings. The van der Waals surface area contributed by atoms with Gasteiger partial charge in [0.15, 0.2) is 0 Å². The van der Waals surface area contributed by atoms with Crippen LogP contribution in [0.5, 0.6) is 0 Å². The lowest BCUT2D eigenvalue weighted by atomic mass is 9.88. The van der Waals surface area contributed by atoms with Crippen molar-refractivity contribution in [3.05, 3.63) is 0 Å². The highest BCUT2D eigenvalue weighted by atomic mass is 28.5. The summed E-state index contributed by atoms with van der Waals surface area (Å²) in [4.78, 5) is 0. The van der Waals surface area contributed by atoms with Crippen molar-refractivity contribution in [1.29, 1.82) is 0 Å². The van der Waals surface area contributed by atoms with Gasteiger partial charge in [0.05, 0.1) is 24.4 Å². The molecule has 8 unspecified atom stereocenters. The second-order valence-electron chi connectivity index (χ2n) is 12.8. The first-order valence-corrected chi connectivity index (χ1v) is 24.5. The zero-order chi connectivity index (χ0) is 24.2. The first kappa shape index (κ1) is 26.2. The minimum absolute atomic E-state index is 0.540. The van der Waals surface area contributed by atoms with Gasteiger partial charge in [0.2, 0.25) is 0 Å². The average Bonchev–Trinajstić information content (AvgIpc) is 3.62. The number of hydrogen-bond acceptors (Lipinski definition) is 6. The van der Waals surface area contributed by atoms with Gasteiger partial charge in [-0.1, -0.05) is 13.3 Å². The first-order valence-electron chi connectivity index (χ1n) is 14.1. The Labute approximate surface area is 211 Å². The van der Waals surface area contributed by atoms with Crippen molar-refractivity contribution in [2.45, 2.75) is 140 Å². The maximum absolute atomic E-state index is 7.15. The molecule has 0 aromatic heterocycles. The highest BCUT2D eigenvalue weighted by Gasteiger charge is 2.56. The third-order valence-electron chi connectivity index (χ3n) is 8.73. The van der Waals surface area contributed by atoms with Crippen molar-refractivity contribution in [3.63, 3.8) is 0 Å². The molecule has 0 amide bonds. The predicted octanol–water partition coefficient (Wildman–Crippen LogP) is 6.31. The lowest BCUT2D eigenvalue weighted by Gasteiger charge is -2.50. The van der Waals surface area contributed by atoms with E-state index >= 15 is 0 Å². The van der Waals surface area contributed by atoms with Gasteiger partial charge in [0, 0.05) is 0 Å². The van der Waals surface area contributed by atoms with Gasteiger partial charge in [-0.05, 0) is 114 Å². The van der Waals surface area contributed by atoms with Crippen LogP contribution in [0.3, 0.4) is 0 Å². The molecule has 6 nitrogen and oxygen atoms in total. The van der Waals surface area contributed by atoms with Crippen molar-refractivity contribution < 1.29 is 25.9 Å². The molecule has 0 aromatic carbocycles. The molecule has 2 saturated carbocycles. The third kappa shape index (κ3) is 6.54. The standard InChI is InChI=1S/C24H48O6Si4/c1-7-14-32(4)29-33(5,15-12-19-8-10-21-23(17-19)25-21)27-31(2,3)28-34(6,30-32)16-13-20-9-11-22-24(18-20)26-22/h19-24H,7-18H2,1-6H3/t19?,20?,21-,22?,23?,24?,32?,33?,34?/m0/s1. The summed E-state index contributed by atoms with van der Waals surface area (Å²) in [7, 11) is -9.56. The van der Waals surface area contributed by atoms with Crippen molar-refractivity contribution in [2.75, 3.05) is 0 Å². The van der Waals surface area contributed by atoms with Crippen LogP contribution in [0.4, 0.5) is 0 Å². The summed E-state index contributed by atoms with van der Waals surface area (Å²) in [6, 6.07) is 3.12. The van der Waals surface area contributed by atoms with Crippen molar-refractivity contribution in [1.82, 2.24) is 0 Å². The molecule has 0 aromatic rings.